The molecule has 0 aromatic carbocycles. The second kappa shape index (κ2) is 6.76. The molecule has 0 atom stereocenters. The third-order valence-corrected chi connectivity index (χ3v) is 4.70. The van der Waals surface area contributed by atoms with Gasteiger partial charge < -0.3 is 5.32 Å². The number of nitrogens with zero attached hydrogens (tertiary/aromatic N) is 3. The van der Waals surface area contributed by atoms with Gasteiger partial charge in [0.05, 0.1) is 17.1 Å². The molecule has 5 nitrogen and oxygen atoms in total. The highest BCUT2D eigenvalue weighted by Gasteiger charge is 2.09. The van der Waals surface area contributed by atoms with E-state index in [0.717, 1.165) is 22.1 Å². The molecule has 3 rings (SSSR count). The number of aromatic nitrogens is 3. The van der Waals surface area contributed by atoms with Gasteiger partial charge in [-0.05, 0) is 25.5 Å². The van der Waals surface area contributed by atoms with Crippen LogP contribution in [0.1, 0.15) is 17.8 Å². The van der Waals surface area contributed by atoms with Crippen LogP contribution in [0.4, 0.5) is 5.13 Å². The van der Waals surface area contributed by atoms with Crippen LogP contribution in [0.2, 0.25) is 0 Å². The molecule has 3 aromatic rings. The molecule has 0 aliphatic rings. The van der Waals surface area contributed by atoms with E-state index in [1.54, 1.807) is 17.5 Å². The Morgan fingerprint density at radius 1 is 1.23 bits per heavy atom. The number of rotatable bonds is 5. The van der Waals surface area contributed by atoms with E-state index in [-0.39, 0.29) is 5.91 Å². The first-order valence-electron chi connectivity index (χ1n) is 6.78. The van der Waals surface area contributed by atoms with Gasteiger partial charge in [-0.25, -0.2) is 9.97 Å². The molecule has 0 spiro atoms. The van der Waals surface area contributed by atoms with Crippen molar-refractivity contribution in [2.24, 2.45) is 0 Å². The highest BCUT2D eigenvalue weighted by molar-refractivity contribution is 7.14. The number of thiazole rings is 2. The number of anilines is 1. The summed E-state index contributed by atoms with van der Waals surface area (Å²) < 4.78 is 0. The number of hydrogen-bond donors (Lipinski definition) is 1. The summed E-state index contributed by atoms with van der Waals surface area (Å²) in [4.78, 5) is 24.9. The van der Waals surface area contributed by atoms with Gasteiger partial charge in [-0.3, -0.25) is 9.78 Å². The Morgan fingerprint density at radius 2 is 2.14 bits per heavy atom. The summed E-state index contributed by atoms with van der Waals surface area (Å²) in [6.07, 6.45) is 2.75. The molecule has 112 valence electrons. The van der Waals surface area contributed by atoms with E-state index in [0.29, 0.717) is 18.0 Å². The molecule has 0 saturated heterocycles. The highest BCUT2D eigenvalue weighted by Crippen LogP contribution is 2.22. The van der Waals surface area contributed by atoms with Gasteiger partial charge in [0.2, 0.25) is 5.91 Å². The second-order valence-electron chi connectivity index (χ2n) is 4.70. The average Bonchev–Trinajstić information content (AvgIpc) is 3.15. The SMILES string of the molecule is Cc1csc(NC(=O)CCc2csc(-c3ccccn3)n2)n1. The Morgan fingerprint density at radius 3 is 2.86 bits per heavy atom. The maximum Gasteiger partial charge on any atom is 0.226 e. The Labute approximate surface area is 136 Å². The van der Waals surface area contributed by atoms with E-state index in [1.165, 1.54) is 11.3 Å². The molecular formula is C15H14N4OS2. The lowest BCUT2D eigenvalue weighted by atomic mass is 10.2. The molecule has 0 aliphatic heterocycles. The molecule has 0 radical (unpaired) electrons. The topological polar surface area (TPSA) is 67.8 Å². The maximum absolute atomic E-state index is 11.9. The Hall–Kier alpha value is -2.12. The molecule has 0 saturated carbocycles. The molecule has 3 aromatic heterocycles. The molecular weight excluding hydrogens is 316 g/mol. The van der Waals surface area contributed by atoms with E-state index in [9.17, 15) is 4.79 Å². The predicted octanol–water partition coefficient (Wildman–Crippen LogP) is 3.54. The summed E-state index contributed by atoms with van der Waals surface area (Å²) in [6.45, 7) is 1.90. The van der Waals surface area contributed by atoms with E-state index >= 15 is 0 Å². The van der Waals surface area contributed by atoms with E-state index in [4.69, 9.17) is 0 Å². The largest absolute Gasteiger partial charge is 0.302 e. The van der Waals surface area contributed by atoms with Crippen LogP contribution < -0.4 is 5.32 Å². The lowest BCUT2D eigenvalue weighted by Crippen LogP contribution is -2.12. The first-order chi connectivity index (χ1) is 10.7. The van der Waals surface area contributed by atoms with Gasteiger partial charge in [-0.1, -0.05) is 6.07 Å². The van der Waals surface area contributed by atoms with Crippen LogP contribution >= 0.6 is 22.7 Å². The van der Waals surface area contributed by atoms with Crippen LogP contribution in [-0.2, 0) is 11.2 Å². The van der Waals surface area contributed by atoms with Crippen molar-refractivity contribution in [2.75, 3.05) is 5.32 Å². The number of nitrogens with one attached hydrogen (secondary N) is 1. The van der Waals surface area contributed by atoms with Crippen LogP contribution in [0.25, 0.3) is 10.7 Å². The zero-order chi connectivity index (χ0) is 15.4. The molecule has 7 heteroatoms. The lowest BCUT2D eigenvalue weighted by Gasteiger charge is -2.00. The van der Waals surface area contributed by atoms with Crippen LogP contribution in [0.3, 0.4) is 0 Å². The molecule has 1 amide bonds. The molecule has 0 aliphatic carbocycles. The number of carbonyl (C=O) groups is 1. The molecule has 1 N–H and O–H groups in total. The first kappa shape index (κ1) is 14.8. The van der Waals surface area contributed by atoms with Gasteiger partial charge in [0.25, 0.3) is 0 Å². The third-order valence-electron chi connectivity index (χ3n) is 2.91. The lowest BCUT2D eigenvalue weighted by molar-refractivity contribution is -0.116. The van der Waals surface area contributed by atoms with Gasteiger partial charge in [0.1, 0.15) is 5.01 Å². The van der Waals surface area contributed by atoms with Gasteiger partial charge >= 0.3 is 0 Å². The van der Waals surface area contributed by atoms with E-state index in [2.05, 4.69) is 20.3 Å². The van der Waals surface area contributed by atoms with Crippen molar-refractivity contribution in [3.05, 3.63) is 46.5 Å². The standard InChI is InChI=1S/C15H14N4OS2/c1-10-8-22-15(17-10)19-13(20)6-5-11-9-21-14(18-11)12-4-2-3-7-16-12/h2-4,7-9H,5-6H2,1H3,(H,17,19,20). The van der Waals surface area contributed by atoms with Gasteiger partial charge in [0, 0.05) is 23.4 Å². The van der Waals surface area contributed by atoms with Crippen molar-refractivity contribution in [1.82, 2.24) is 15.0 Å². The van der Waals surface area contributed by atoms with E-state index < -0.39 is 0 Å². The summed E-state index contributed by atoms with van der Waals surface area (Å²) in [5, 5.41) is 8.22. The minimum Gasteiger partial charge on any atom is -0.302 e. The van der Waals surface area contributed by atoms with Crippen molar-refractivity contribution < 1.29 is 4.79 Å². The summed E-state index contributed by atoms with van der Waals surface area (Å²) in [5.41, 5.74) is 2.69. The average molecular weight is 330 g/mol. The highest BCUT2D eigenvalue weighted by atomic mass is 32.1. The molecule has 22 heavy (non-hydrogen) atoms. The van der Waals surface area contributed by atoms with Crippen LogP contribution in [0.15, 0.2) is 35.2 Å². The van der Waals surface area contributed by atoms with Crippen molar-refractivity contribution in [2.45, 2.75) is 19.8 Å². The monoisotopic (exact) mass is 330 g/mol. The molecule has 0 unspecified atom stereocenters. The van der Waals surface area contributed by atoms with Crippen molar-refractivity contribution in [3.8, 4) is 10.7 Å². The summed E-state index contributed by atoms with van der Waals surface area (Å²) in [7, 11) is 0. The minimum atomic E-state index is -0.0401. The predicted molar refractivity (Wildman–Crippen MR) is 89.1 cm³/mol. The van der Waals surface area contributed by atoms with Crippen LogP contribution in [0.5, 0.6) is 0 Å². The fraction of sp³-hybridized carbons (Fsp3) is 0.200. The van der Waals surface area contributed by atoms with Crippen molar-refractivity contribution in [1.29, 1.82) is 0 Å². The van der Waals surface area contributed by atoms with Crippen LogP contribution in [0, 0.1) is 6.92 Å². The first-order valence-corrected chi connectivity index (χ1v) is 8.54. The summed E-state index contributed by atoms with van der Waals surface area (Å²) in [6, 6.07) is 5.75. The Balaban J connectivity index is 1.56. The molecule has 3 heterocycles. The maximum atomic E-state index is 11.9. The van der Waals surface area contributed by atoms with E-state index in [1.807, 2.05) is 35.9 Å². The third kappa shape index (κ3) is 3.75. The number of pyridine rings is 1. The molecule has 0 fully saturated rings. The fourth-order valence-electron chi connectivity index (χ4n) is 1.86. The zero-order valence-corrected chi connectivity index (χ0v) is 13.6. The molecule has 0 bridgehead atoms. The second-order valence-corrected chi connectivity index (χ2v) is 6.42. The Bertz CT molecular complexity index is 767. The Kier molecular flexibility index (Phi) is 4.55. The van der Waals surface area contributed by atoms with Gasteiger partial charge in [-0.2, -0.15) is 0 Å². The van der Waals surface area contributed by atoms with Crippen LogP contribution in [-0.4, -0.2) is 20.9 Å². The van der Waals surface area contributed by atoms with Gasteiger partial charge in [0.15, 0.2) is 5.13 Å². The number of carbonyl (C=O) groups excluding carboxylic acids is 1. The minimum absolute atomic E-state index is 0.0401. The number of amides is 1. The van der Waals surface area contributed by atoms with Crippen molar-refractivity contribution in [3.63, 3.8) is 0 Å². The zero-order valence-electron chi connectivity index (χ0n) is 11.9. The summed E-state index contributed by atoms with van der Waals surface area (Å²) >= 11 is 2.98. The quantitative estimate of drug-likeness (QED) is 0.777. The number of hydrogen-bond acceptors (Lipinski definition) is 6. The van der Waals surface area contributed by atoms with Gasteiger partial charge in [-0.15, -0.1) is 22.7 Å². The van der Waals surface area contributed by atoms with Crippen molar-refractivity contribution >= 4 is 33.7 Å². The summed E-state index contributed by atoms with van der Waals surface area (Å²) in [5.74, 6) is -0.0401. The fourth-order valence-corrected chi connectivity index (χ4v) is 3.40. The number of aryl methyl sites for hydroxylation is 2. The normalized spacial score (nSPS) is 10.6. The smallest absolute Gasteiger partial charge is 0.226 e.